The van der Waals surface area contributed by atoms with Crippen LogP contribution in [0.1, 0.15) is 52.7 Å². The second-order valence-corrected chi connectivity index (χ2v) is 22.9. The first-order chi connectivity index (χ1) is 32.0. The summed E-state index contributed by atoms with van der Waals surface area (Å²) in [7, 11) is -1.91. The maximum absolute atomic E-state index is 2.53. The maximum atomic E-state index is 2.53. The van der Waals surface area contributed by atoms with Crippen molar-refractivity contribution in [3.8, 4) is 11.1 Å². The molecule has 0 radical (unpaired) electrons. The van der Waals surface area contributed by atoms with Gasteiger partial charge in [-0.1, -0.05) is 169 Å². The Bertz CT molecular complexity index is 2980. The Balaban J connectivity index is 1.21. The molecular formula is C62H55BN2S. The van der Waals surface area contributed by atoms with Gasteiger partial charge in [0.05, 0.1) is 0 Å². The van der Waals surface area contributed by atoms with E-state index in [1.165, 1.54) is 81.0 Å². The average molecular weight is 871 g/mol. The molecule has 0 amide bonds. The molecular weight excluding hydrogens is 816 g/mol. The van der Waals surface area contributed by atoms with Crippen LogP contribution < -0.4 is 26.2 Å². The van der Waals surface area contributed by atoms with Crippen LogP contribution in [0.5, 0.6) is 0 Å². The maximum Gasteiger partial charge on any atom is 0.252 e. The van der Waals surface area contributed by atoms with E-state index < -0.39 is 10.0 Å². The first-order valence-corrected chi connectivity index (χ1v) is 24.9. The van der Waals surface area contributed by atoms with Crippen LogP contribution in [0.25, 0.3) is 11.1 Å². The lowest BCUT2D eigenvalue weighted by Gasteiger charge is -2.44. The molecule has 2 aliphatic heterocycles. The largest absolute Gasteiger partial charge is 0.311 e. The van der Waals surface area contributed by atoms with Crippen molar-refractivity contribution in [1.29, 1.82) is 0 Å². The van der Waals surface area contributed by atoms with Gasteiger partial charge in [-0.2, -0.15) is 0 Å². The monoisotopic (exact) mass is 870 g/mol. The van der Waals surface area contributed by atoms with Crippen LogP contribution in [-0.2, 0) is 10.8 Å². The molecule has 0 N–H and O–H groups in total. The highest BCUT2D eigenvalue weighted by Gasteiger charge is 2.43. The van der Waals surface area contributed by atoms with E-state index in [9.17, 15) is 0 Å². The Morgan fingerprint density at radius 3 is 1.12 bits per heavy atom. The topological polar surface area (TPSA) is 6.48 Å². The van der Waals surface area contributed by atoms with Crippen molar-refractivity contribution in [3.05, 3.63) is 236 Å². The van der Waals surface area contributed by atoms with E-state index in [4.69, 9.17) is 0 Å². The second kappa shape index (κ2) is 16.2. The van der Waals surface area contributed by atoms with Crippen LogP contribution in [0.15, 0.2) is 244 Å². The number of para-hydroxylation sites is 2. The van der Waals surface area contributed by atoms with Crippen molar-refractivity contribution in [2.75, 3.05) is 9.80 Å². The molecule has 2 nitrogen and oxygen atoms in total. The van der Waals surface area contributed by atoms with E-state index in [1.54, 1.807) is 0 Å². The lowest BCUT2D eigenvalue weighted by molar-refractivity contribution is 0.590. The zero-order valence-corrected chi connectivity index (χ0v) is 39.6. The zero-order chi connectivity index (χ0) is 45.2. The molecule has 0 aliphatic carbocycles. The number of benzene rings is 9. The van der Waals surface area contributed by atoms with Crippen LogP contribution in [0.4, 0.5) is 34.1 Å². The van der Waals surface area contributed by atoms with Crippen molar-refractivity contribution in [2.24, 2.45) is 0 Å². The number of fused-ring (bicyclic) bond motifs is 4. The van der Waals surface area contributed by atoms with E-state index in [1.807, 2.05) is 0 Å². The predicted octanol–water partition coefficient (Wildman–Crippen LogP) is 15.4. The van der Waals surface area contributed by atoms with Crippen molar-refractivity contribution < 1.29 is 0 Å². The third kappa shape index (κ3) is 6.89. The van der Waals surface area contributed by atoms with Crippen molar-refractivity contribution in [1.82, 2.24) is 0 Å². The summed E-state index contributed by atoms with van der Waals surface area (Å²) in [5, 5.41) is 0. The second-order valence-electron chi connectivity index (χ2n) is 19.8. The molecule has 11 rings (SSSR count). The van der Waals surface area contributed by atoms with Gasteiger partial charge in [-0.3, -0.25) is 0 Å². The number of nitrogens with zero attached hydrogens (tertiary/aromatic N) is 2. The molecule has 2 aliphatic rings. The third-order valence-electron chi connectivity index (χ3n) is 13.7. The minimum Gasteiger partial charge on any atom is -0.311 e. The van der Waals surface area contributed by atoms with Crippen LogP contribution in [0.2, 0.25) is 0 Å². The smallest absolute Gasteiger partial charge is 0.252 e. The van der Waals surface area contributed by atoms with Crippen LogP contribution in [-0.4, -0.2) is 6.71 Å². The molecule has 0 aromatic heterocycles. The van der Waals surface area contributed by atoms with Gasteiger partial charge < -0.3 is 9.80 Å². The number of hydrogen-bond acceptors (Lipinski definition) is 2. The third-order valence-corrected chi connectivity index (χ3v) is 17.6. The van der Waals surface area contributed by atoms with Gasteiger partial charge in [0, 0.05) is 53.7 Å². The summed E-state index contributed by atoms with van der Waals surface area (Å²) in [5.74, 6) is 0. The number of anilines is 6. The highest BCUT2D eigenvalue weighted by Crippen LogP contribution is 2.73. The Morgan fingerprint density at radius 1 is 0.333 bits per heavy atom. The van der Waals surface area contributed by atoms with E-state index in [0.717, 1.165) is 11.4 Å². The SMILES string of the molecule is CC(C)(C)c1ccc(N2c3ccccc3B3c4ccccc4N(c4ccc(C(C)(C)C)cc4)c4cc(-c5cccc(S(c6ccccc6)(c6ccccc6)c6ccccc6)c5)cc2c43)cc1. The van der Waals surface area contributed by atoms with E-state index in [0.29, 0.717) is 0 Å². The molecule has 4 heteroatoms. The quantitative estimate of drug-likeness (QED) is 0.147. The van der Waals surface area contributed by atoms with E-state index in [2.05, 4.69) is 276 Å². The Morgan fingerprint density at radius 2 is 0.712 bits per heavy atom. The Kier molecular flexibility index (Phi) is 10.2. The van der Waals surface area contributed by atoms with Gasteiger partial charge in [-0.25, -0.2) is 0 Å². The molecule has 66 heavy (non-hydrogen) atoms. The van der Waals surface area contributed by atoms with Gasteiger partial charge in [0.2, 0.25) is 0 Å². The number of rotatable bonds is 7. The molecule has 0 saturated carbocycles. The fraction of sp³-hybridized carbons (Fsp3) is 0.129. The highest BCUT2D eigenvalue weighted by atomic mass is 32.3. The molecule has 0 atom stereocenters. The van der Waals surface area contributed by atoms with Crippen LogP contribution >= 0.6 is 10.0 Å². The summed E-state index contributed by atoms with van der Waals surface area (Å²) in [5.41, 5.74) is 16.2. The molecule has 0 bridgehead atoms. The molecule has 0 unspecified atom stereocenters. The summed E-state index contributed by atoms with van der Waals surface area (Å²) < 4.78 is 0. The van der Waals surface area contributed by atoms with E-state index in [-0.39, 0.29) is 17.5 Å². The Hall–Kier alpha value is -7.01. The molecule has 0 saturated heterocycles. The molecule has 2 heterocycles. The van der Waals surface area contributed by atoms with Crippen LogP contribution in [0, 0.1) is 0 Å². The van der Waals surface area contributed by atoms with Crippen molar-refractivity contribution >= 4 is 67.3 Å². The molecule has 0 fully saturated rings. The van der Waals surface area contributed by atoms with Gasteiger partial charge in [0.25, 0.3) is 6.71 Å². The first kappa shape index (κ1) is 41.7. The lowest BCUT2D eigenvalue weighted by atomic mass is 9.33. The molecule has 9 aromatic rings. The van der Waals surface area contributed by atoms with Crippen molar-refractivity contribution in [2.45, 2.75) is 72.0 Å². The van der Waals surface area contributed by atoms with Gasteiger partial charge in [0.1, 0.15) is 0 Å². The Labute approximate surface area is 393 Å². The summed E-state index contributed by atoms with van der Waals surface area (Å²) in [6.07, 6.45) is 0. The van der Waals surface area contributed by atoms with E-state index >= 15 is 0 Å². The fourth-order valence-corrected chi connectivity index (χ4v) is 14.3. The minimum absolute atomic E-state index is 0.0384. The van der Waals surface area contributed by atoms with Gasteiger partial charge in [-0.15, -0.1) is 10.0 Å². The molecule has 0 spiro atoms. The summed E-state index contributed by atoms with van der Waals surface area (Å²) in [6.45, 7) is 13.8. The molecule has 9 aromatic carbocycles. The fourth-order valence-electron chi connectivity index (χ4n) is 10.4. The summed E-state index contributed by atoms with van der Waals surface area (Å²) >= 11 is 0. The number of hydrogen-bond donors (Lipinski definition) is 0. The average Bonchev–Trinajstić information content (AvgIpc) is 3.35. The predicted molar refractivity (Wildman–Crippen MR) is 283 cm³/mol. The van der Waals surface area contributed by atoms with Gasteiger partial charge in [0.15, 0.2) is 0 Å². The van der Waals surface area contributed by atoms with Gasteiger partial charge in [-0.05, 0) is 147 Å². The normalized spacial score (nSPS) is 13.5. The first-order valence-electron chi connectivity index (χ1n) is 23.3. The zero-order valence-electron chi connectivity index (χ0n) is 38.7. The highest BCUT2D eigenvalue weighted by molar-refractivity contribution is 8.34. The molecule has 322 valence electrons. The summed E-state index contributed by atoms with van der Waals surface area (Å²) in [4.78, 5) is 10.3. The lowest BCUT2D eigenvalue weighted by Crippen LogP contribution is -2.61. The van der Waals surface area contributed by atoms with Crippen LogP contribution in [0.3, 0.4) is 0 Å². The van der Waals surface area contributed by atoms with Gasteiger partial charge >= 0.3 is 0 Å². The van der Waals surface area contributed by atoms with Crippen molar-refractivity contribution in [3.63, 3.8) is 0 Å². The summed E-state index contributed by atoms with van der Waals surface area (Å²) in [6, 6.07) is 84.7. The minimum atomic E-state index is -1.91. The standard InChI is InChI=1S/C62H55BN2S/c1-61(2,3)46-33-37-48(38-34-46)64-56-31-18-16-29-54(56)63-55-30-17-19-32-57(55)65(49-39-35-47(36-40-49)62(4,5)6)59-43-45(42-58(64)60(59)63)44-21-20-28-53(41-44)66(50-22-10-7-11-23-50,51-24-12-8-13-25-51)52-26-14-9-15-27-52/h7-43H,1-6H3.